The van der Waals surface area contributed by atoms with Crippen molar-refractivity contribution in [3.63, 3.8) is 0 Å². The van der Waals surface area contributed by atoms with Gasteiger partial charge in [-0.15, -0.1) is 0 Å². The minimum absolute atomic E-state index is 0.0299. The van der Waals surface area contributed by atoms with Crippen LogP contribution in [0.1, 0.15) is 27.2 Å². The zero-order valence-corrected chi connectivity index (χ0v) is 11.1. The Morgan fingerprint density at radius 3 is 2.65 bits per heavy atom. The maximum absolute atomic E-state index is 11.6. The van der Waals surface area contributed by atoms with E-state index in [0.717, 1.165) is 0 Å². The minimum Gasteiger partial charge on any atom is -0.325 e. The van der Waals surface area contributed by atoms with E-state index in [2.05, 4.69) is 36.4 Å². The third-order valence-electron chi connectivity index (χ3n) is 2.02. The number of hydrogen-bond donors (Lipinski definition) is 2. The van der Waals surface area contributed by atoms with Crippen LogP contribution in [0.3, 0.4) is 0 Å². The molecule has 1 aromatic rings. The number of amides is 1. The third-order valence-corrected chi connectivity index (χ3v) is 2.24. The van der Waals surface area contributed by atoms with E-state index in [0.29, 0.717) is 23.8 Å². The van der Waals surface area contributed by atoms with Crippen molar-refractivity contribution in [3.8, 4) is 0 Å². The molecule has 0 unspecified atom stereocenters. The van der Waals surface area contributed by atoms with Crippen LogP contribution < -0.4 is 10.6 Å². The maximum atomic E-state index is 11.6. The lowest BCUT2D eigenvalue weighted by Gasteiger charge is -2.20. The van der Waals surface area contributed by atoms with Crippen molar-refractivity contribution in [2.45, 2.75) is 32.7 Å². The second-order valence-electron chi connectivity index (χ2n) is 4.84. The van der Waals surface area contributed by atoms with Gasteiger partial charge in [-0.05, 0) is 32.9 Å². The first-order chi connectivity index (χ1) is 7.87. The van der Waals surface area contributed by atoms with Crippen LogP contribution >= 0.6 is 11.6 Å². The van der Waals surface area contributed by atoms with Gasteiger partial charge in [0.1, 0.15) is 5.15 Å². The second kappa shape index (κ2) is 5.98. The molecule has 0 atom stereocenters. The molecule has 0 saturated carbocycles. The first-order valence-electron chi connectivity index (χ1n) is 5.53. The molecule has 4 nitrogen and oxygen atoms in total. The highest BCUT2D eigenvalue weighted by atomic mass is 35.5. The number of anilines is 1. The molecule has 0 aliphatic carbocycles. The number of carbonyl (C=O) groups is 1. The summed E-state index contributed by atoms with van der Waals surface area (Å²) >= 11 is 5.65. The fraction of sp³-hybridized carbons (Fsp3) is 0.500. The Kier molecular flexibility index (Phi) is 4.90. The van der Waals surface area contributed by atoms with Crippen molar-refractivity contribution >= 4 is 23.2 Å². The summed E-state index contributed by atoms with van der Waals surface area (Å²) in [6, 6.07) is 3.37. The van der Waals surface area contributed by atoms with E-state index in [-0.39, 0.29) is 11.4 Å². The van der Waals surface area contributed by atoms with Gasteiger partial charge in [-0.3, -0.25) is 4.79 Å². The van der Waals surface area contributed by atoms with Crippen LogP contribution in [0.25, 0.3) is 0 Å². The predicted octanol–water partition coefficient (Wildman–Crippen LogP) is 2.45. The molecule has 1 heterocycles. The Bertz CT molecular complexity index is 370. The number of pyridine rings is 1. The fourth-order valence-electron chi connectivity index (χ4n) is 1.22. The summed E-state index contributed by atoms with van der Waals surface area (Å²) in [5, 5.41) is 6.42. The molecule has 1 aromatic heterocycles. The highest BCUT2D eigenvalue weighted by molar-refractivity contribution is 6.29. The standard InChI is InChI=1S/C12H18ClN3O/c1-12(2,3)15-7-6-11(17)16-9-4-5-10(13)14-8-9/h4-5,8,15H,6-7H2,1-3H3,(H,16,17). The third kappa shape index (κ3) is 6.24. The highest BCUT2D eigenvalue weighted by Crippen LogP contribution is 2.09. The smallest absolute Gasteiger partial charge is 0.225 e. The van der Waals surface area contributed by atoms with E-state index >= 15 is 0 Å². The second-order valence-corrected chi connectivity index (χ2v) is 5.23. The van der Waals surface area contributed by atoms with Crippen LogP contribution in [0.5, 0.6) is 0 Å². The van der Waals surface area contributed by atoms with Crippen molar-refractivity contribution < 1.29 is 4.79 Å². The first-order valence-corrected chi connectivity index (χ1v) is 5.91. The van der Waals surface area contributed by atoms with Gasteiger partial charge < -0.3 is 10.6 Å². The molecule has 0 aliphatic rings. The summed E-state index contributed by atoms with van der Waals surface area (Å²) in [7, 11) is 0. The van der Waals surface area contributed by atoms with Crippen LogP contribution in [-0.2, 0) is 4.79 Å². The van der Waals surface area contributed by atoms with E-state index in [9.17, 15) is 4.79 Å². The monoisotopic (exact) mass is 255 g/mol. The van der Waals surface area contributed by atoms with Gasteiger partial charge in [-0.2, -0.15) is 0 Å². The molecule has 1 rings (SSSR count). The molecule has 0 radical (unpaired) electrons. The Morgan fingerprint density at radius 2 is 2.12 bits per heavy atom. The van der Waals surface area contributed by atoms with Gasteiger partial charge in [0.2, 0.25) is 5.91 Å². The maximum Gasteiger partial charge on any atom is 0.225 e. The average molecular weight is 256 g/mol. The zero-order chi connectivity index (χ0) is 12.9. The topological polar surface area (TPSA) is 54.0 Å². The van der Waals surface area contributed by atoms with E-state index in [1.807, 2.05) is 0 Å². The Hall–Kier alpha value is -1.13. The molecular weight excluding hydrogens is 238 g/mol. The quantitative estimate of drug-likeness (QED) is 0.813. The number of carbonyl (C=O) groups excluding carboxylic acids is 1. The van der Waals surface area contributed by atoms with E-state index in [4.69, 9.17) is 11.6 Å². The van der Waals surface area contributed by atoms with Gasteiger partial charge in [0.25, 0.3) is 0 Å². The summed E-state index contributed by atoms with van der Waals surface area (Å²) in [6.45, 7) is 6.84. The van der Waals surface area contributed by atoms with Gasteiger partial charge in [-0.1, -0.05) is 11.6 Å². The molecule has 5 heteroatoms. The minimum atomic E-state index is -0.0362. The number of hydrogen-bond acceptors (Lipinski definition) is 3. The van der Waals surface area contributed by atoms with Gasteiger partial charge in [-0.25, -0.2) is 4.98 Å². The number of nitrogens with zero attached hydrogens (tertiary/aromatic N) is 1. The number of aromatic nitrogens is 1. The van der Waals surface area contributed by atoms with E-state index < -0.39 is 0 Å². The van der Waals surface area contributed by atoms with Crippen LogP contribution in [0.15, 0.2) is 18.3 Å². The molecule has 0 saturated heterocycles. The average Bonchev–Trinajstić information content (AvgIpc) is 2.19. The number of rotatable bonds is 4. The molecule has 94 valence electrons. The Morgan fingerprint density at radius 1 is 1.41 bits per heavy atom. The molecule has 0 spiro atoms. The van der Waals surface area contributed by atoms with Crippen LogP contribution in [-0.4, -0.2) is 23.0 Å². The van der Waals surface area contributed by atoms with Crippen LogP contribution in [0, 0.1) is 0 Å². The van der Waals surface area contributed by atoms with Crippen molar-refractivity contribution in [2.24, 2.45) is 0 Å². The van der Waals surface area contributed by atoms with E-state index in [1.54, 1.807) is 12.1 Å². The lowest BCUT2D eigenvalue weighted by molar-refractivity contribution is -0.116. The molecule has 0 bridgehead atoms. The summed E-state index contributed by atoms with van der Waals surface area (Å²) in [5.41, 5.74) is 0.692. The highest BCUT2D eigenvalue weighted by Gasteiger charge is 2.09. The van der Waals surface area contributed by atoms with Gasteiger partial charge in [0, 0.05) is 18.5 Å². The molecule has 1 amide bonds. The van der Waals surface area contributed by atoms with E-state index in [1.165, 1.54) is 6.20 Å². The van der Waals surface area contributed by atoms with Crippen LogP contribution in [0.2, 0.25) is 5.15 Å². The van der Waals surface area contributed by atoms with Gasteiger partial charge in [0.15, 0.2) is 0 Å². The Labute approximate surface area is 107 Å². The van der Waals surface area contributed by atoms with Crippen LogP contribution in [0.4, 0.5) is 5.69 Å². The largest absolute Gasteiger partial charge is 0.325 e. The summed E-state index contributed by atoms with van der Waals surface area (Å²) in [6.07, 6.45) is 1.97. The van der Waals surface area contributed by atoms with Crippen molar-refractivity contribution in [2.75, 3.05) is 11.9 Å². The zero-order valence-electron chi connectivity index (χ0n) is 10.4. The molecular formula is C12H18ClN3O. The number of nitrogens with one attached hydrogen (secondary N) is 2. The van der Waals surface area contributed by atoms with Crippen molar-refractivity contribution in [1.82, 2.24) is 10.3 Å². The molecule has 0 aromatic carbocycles. The lowest BCUT2D eigenvalue weighted by atomic mass is 10.1. The summed E-state index contributed by atoms with van der Waals surface area (Å²) in [5.74, 6) is -0.0362. The fourth-order valence-corrected chi connectivity index (χ4v) is 1.34. The first kappa shape index (κ1) is 13.9. The molecule has 17 heavy (non-hydrogen) atoms. The van der Waals surface area contributed by atoms with Crippen molar-refractivity contribution in [3.05, 3.63) is 23.5 Å². The lowest BCUT2D eigenvalue weighted by Crippen LogP contribution is -2.37. The SMILES string of the molecule is CC(C)(C)NCCC(=O)Nc1ccc(Cl)nc1. The summed E-state index contributed by atoms with van der Waals surface area (Å²) < 4.78 is 0. The number of halogens is 1. The molecule has 2 N–H and O–H groups in total. The van der Waals surface area contributed by atoms with Crippen molar-refractivity contribution in [1.29, 1.82) is 0 Å². The van der Waals surface area contributed by atoms with Gasteiger partial charge >= 0.3 is 0 Å². The van der Waals surface area contributed by atoms with Gasteiger partial charge in [0.05, 0.1) is 11.9 Å². The Balaban J connectivity index is 2.32. The predicted molar refractivity (Wildman–Crippen MR) is 70.2 cm³/mol. The summed E-state index contributed by atoms with van der Waals surface area (Å²) in [4.78, 5) is 15.5. The normalized spacial score (nSPS) is 11.3. The molecule has 0 aliphatic heterocycles. The molecule has 0 fully saturated rings.